The highest BCUT2D eigenvalue weighted by molar-refractivity contribution is 7.99. The summed E-state index contributed by atoms with van der Waals surface area (Å²) < 4.78 is 18.3. The van der Waals surface area contributed by atoms with E-state index in [0.29, 0.717) is 5.02 Å². The molecule has 0 atom stereocenters. The van der Waals surface area contributed by atoms with Gasteiger partial charge < -0.3 is 4.74 Å². The van der Waals surface area contributed by atoms with Gasteiger partial charge in [-0.15, -0.1) is 0 Å². The van der Waals surface area contributed by atoms with E-state index in [0.717, 1.165) is 9.79 Å². The molecule has 0 aliphatic heterocycles. The number of hydrogen-bond donors (Lipinski definition) is 0. The summed E-state index contributed by atoms with van der Waals surface area (Å²) in [6, 6.07) is 12.3. The van der Waals surface area contributed by atoms with Crippen molar-refractivity contribution in [2.24, 2.45) is 0 Å². The molecule has 0 aliphatic carbocycles. The van der Waals surface area contributed by atoms with Gasteiger partial charge >= 0.3 is 0 Å². The number of ether oxygens (including phenoxy) is 1. The zero-order valence-electron chi connectivity index (χ0n) is 9.11. The summed E-state index contributed by atoms with van der Waals surface area (Å²) >= 11 is 7.27. The number of benzene rings is 2. The largest absolute Gasteiger partial charge is 0.494 e. The molecular weight excluding hydrogens is 259 g/mol. The molecule has 0 radical (unpaired) electrons. The Balaban J connectivity index is 2.19. The molecule has 17 heavy (non-hydrogen) atoms. The zero-order chi connectivity index (χ0) is 12.3. The Morgan fingerprint density at radius 3 is 2.29 bits per heavy atom. The standard InChI is InChI=1S/C13H10ClFOS/c1-16-13-7-6-11(8-12(13)15)17-10-4-2-9(14)3-5-10/h2-8H,1H3. The smallest absolute Gasteiger partial charge is 0.166 e. The maximum absolute atomic E-state index is 13.5. The lowest BCUT2D eigenvalue weighted by Crippen LogP contribution is -1.87. The third-order valence-electron chi connectivity index (χ3n) is 2.17. The second-order valence-corrected chi connectivity index (χ2v) is 4.94. The van der Waals surface area contributed by atoms with Gasteiger partial charge in [0.05, 0.1) is 7.11 Å². The minimum absolute atomic E-state index is 0.255. The summed E-state index contributed by atoms with van der Waals surface area (Å²) in [4.78, 5) is 1.84. The molecule has 2 aromatic carbocycles. The van der Waals surface area contributed by atoms with Crippen molar-refractivity contribution in [2.75, 3.05) is 7.11 Å². The molecule has 0 unspecified atom stereocenters. The van der Waals surface area contributed by atoms with Crippen molar-refractivity contribution in [3.63, 3.8) is 0 Å². The average molecular weight is 269 g/mol. The second kappa shape index (κ2) is 5.43. The normalized spacial score (nSPS) is 10.3. The topological polar surface area (TPSA) is 9.23 Å². The molecule has 0 saturated heterocycles. The Hall–Kier alpha value is -1.19. The average Bonchev–Trinajstić information content (AvgIpc) is 2.32. The van der Waals surface area contributed by atoms with Crippen molar-refractivity contribution in [3.05, 3.63) is 53.3 Å². The van der Waals surface area contributed by atoms with Crippen molar-refractivity contribution in [3.8, 4) is 5.75 Å². The fourth-order valence-electron chi connectivity index (χ4n) is 1.35. The van der Waals surface area contributed by atoms with Crippen LogP contribution in [-0.2, 0) is 0 Å². The van der Waals surface area contributed by atoms with E-state index in [1.165, 1.54) is 24.9 Å². The minimum atomic E-state index is -0.355. The van der Waals surface area contributed by atoms with E-state index in [1.54, 1.807) is 6.07 Å². The Morgan fingerprint density at radius 1 is 1.06 bits per heavy atom. The first kappa shape index (κ1) is 12.3. The molecule has 2 rings (SSSR count). The molecule has 0 saturated carbocycles. The van der Waals surface area contributed by atoms with Crippen LogP contribution < -0.4 is 4.74 Å². The lowest BCUT2D eigenvalue weighted by molar-refractivity contribution is 0.385. The summed E-state index contributed by atoms with van der Waals surface area (Å²) in [6.45, 7) is 0. The van der Waals surface area contributed by atoms with E-state index in [2.05, 4.69) is 0 Å². The third kappa shape index (κ3) is 3.14. The van der Waals surface area contributed by atoms with Crippen LogP contribution in [0.3, 0.4) is 0 Å². The van der Waals surface area contributed by atoms with Crippen LogP contribution in [0.5, 0.6) is 5.75 Å². The van der Waals surface area contributed by atoms with Crippen LogP contribution in [0.4, 0.5) is 4.39 Å². The van der Waals surface area contributed by atoms with Crippen LogP contribution in [0.1, 0.15) is 0 Å². The van der Waals surface area contributed by atoms with E-state index >= 15 is 0 Å². The van der Waals surface area contributed by atoms with Crippen LogP contribution >= 0.6 is 23.4 Å². The van der Waals surface area contributed by atoms with Crippen molar-refractivity contribution in [1.29, 1.82) is 0 Å². The van der Waals surface area contributed by atoms with Crippen molar-refractivity contribution >= 4 is 23.4 Å². The van der Waals surface area contributed by atoms with Gasteiger partial charge in [0.15, 0.2) is 11.6 Å². The van der Waals surface area contributed by atoms with Crippen molar-refractivity contribution < 1.29 is 9.13 Å². The van der Waals surface area contributed by atoms with Crippen molar-refractivity contribution in [2.45, 2.75) is 9.79 Å². The highest BCUT2D eigenvalue weighted by Gasteiger charge is 2.04. The molecule has 0 N–H and O–H groups in total. The summed E-state index contributed by atoms with van der Waals surface area (Å²) in [5.41, 5.74) is 0. The van der Waals surface area contributed by atoms with Crippen LogP contribution in [0.25, 0.3) is 0 Å². The van der Waals surface area contributed by atoms with E-state index in [-0.39, 0.29) is 11.6 Å². The van der Waals surface area contributed by atoms with Gasteiger partial charge in [-0.05, 0) is 42.5 Å². The molecule has 2 aromatic rings. The van der Waals surface area contributed by atoms with Crippen LogP contribution in [0.2, 0.25) is 5.02 Å². The number of hydrogen-bond acceptors (Lipinski definition) is 2. The van der Waals surface area contributed by atoms with Gasteiger partial charge in [0.1, 0.15) is 0 Å². The van der Waals surface area contributed by atoms with Gasteiger partial charge in [0, 0.05) is 14.8 Å². The number of methoxy groups -OCH3 is 1. The van der Waals surface area contributed by atoms with E-state index < -0.39 is 0 Å². The predicted octanol–water partition coefficient (Wildman–Crippen LogP) is 4.64. The van der Waals surface area contributed by atoms with Gasteiger partial charge in [0.2, 0.25) is 0 Å². The molecule has 0 aromatic heterocycles. The SMILES string of the molecule is COc1ccc(Sc2ccc(Cl)cc2)cc1F. The monoisotopic (exact) mass is 268 g/mol. The first-order valence-corrected chi connectivity index (χ1v) is 6.15. The molecule has 0 amide bonds. The van der Waals surface area contributed by atoms with Gasteiger partial charge in [-0.3, -0.25) is 0 Å². The molecule has 0 fully saturated rings. The number of rotatable bonds is 3. The summed E-state index contributed by atoms with van der Waals surface area (Å²) in [5, 5.41) is 0.690. The highest BCUT2D eigenvalue weighted by Crippen LogP contribution is 2.31. The molecule has 0 heterocycles. The van der Waals surface area contributed by atoms with Gasteiger partial charge in [0.25, 0.3) is 0 Å². The van der Waals surface area contributed by atoms with Gasteiger partial charge in [-0.25, -0.2) is 4.39 Å². The fraction of sp³-hybridized carbons (Fsp3) is 0.0769. The van der Waals surface area contributed by atoms with E-state index in [4.69, 9.17) is 16.3 Å². The highest BCUT2D eigenvalue weighted by atomic mass is 35.5. The van der Waals surface area contributed by atoms with Crippen molar-refractivity contribution in [1.82, 2.24) is 0 Å². The Bertz CT molecular complexity index is 513. The summed E-state index contributed by atoms with van der Waals surface area (Å²) in [6.07, 6.45) is 0. The Labute approximate surface area is 109 Å². The molecular formula is C13H10ClFOS. The second-order valence-electron chi connectivity index (χ2n) is 3.35. The molecule has 88 valence electrons. The van der Waals surface area contributed by atoms with E-state index in [1.807, 2.05) is 30.3 Å². The van der Waals surface area contributed by atoms with Crippen LogP contribution in [-0.4, -0.2) is 7.11 Å². The fourth-order valence-corrected chi connectivity index (χ4v) is 2.32. The Morgan fingerprint density at radius 2 is 1.71 bits per heavy atom. The quantitative estimate of drug-likeness (QED) is 0.802. The zero-order valence-corrected chi connectivity index (χ0v) is 10.7. The summed E-state index contributed by atoms with van der Waals surface area (Å²) in [7, 11) is 1.45. The number of halogens is 2. The molecule has 0 spiro atoms. The van der Waals surface area contributed by atoms with Gasteiger partial charge in [-0.2, -0.15) is 0 Å². The minimum Gasteiger partial charge on any atom is -0.494 e. The van der Waals surface area contributed by atoms with E-state index in [9.17, 15) is 4.39 Å². The Kier molecular flexibility index (Phi) is 3.92. The molecule has 0 aliphatic rings. The molecule has 1 nitrogen and oxygen atoms in total. The predicted molar refractivity (Wildman–Crippen MR) is 68.5 cm³/mol. The van der Waals surface area contributed by atoms with Crippen LogP contribution in [0.15, 0.2) is 52.3 Å². The third-order valence-corrected chi connectivity index (χ3v) is 3.42. The summed E-state index contributed by atoms with van der Waals surface area (Å²) in [5.74, 6) is -0.100. The first-order chi connectivity index (χ1) is 8.19. The molecule has 4 heteroatoms. The van der Waals surface area contributed by atoms with Gasteiger partial charge in [-0.1, -0.05) is 23.4 Å². The van der Waals surface area contributed by atoms with Crippen LogP contribution in [0, 0.1) is 5.82 Å². The molecule has 0 bridgehead atoms. The first-order valence-electron chi connectivity index (χ1n) is 4.96. The maximum Gasteiger partial charge on any atom is 0.166 e. The maximum atomic E-state index is 13.5. The lowest BCUT2D eigenvalue weighted by atomic mass is 10.3. The lowest BCUT2D eigenvalue weighted by Gasteiger charge is -2.05.